The largest absolute Gasteiger partial charge is 0.377 e. The van der Waals surface area contributed by atoms with Crippen LogP contribution in [0.15, 0.2) is 42.6 Å². The lowest BCUT2D eigenvalue weighted by molar-refractivity contribution is 0.838. The molecule has 0 bridgehead atoms. The number of aromatic nitrogens is 1. The van der Waals surface area contributed by atoms with Gasteiger partial charge in [-0.1, -0.05) is 23.7 Å². The predicted octanol–water partition coefficient (Wildman–Crippen LogP) is 4.22. The number of halogens is 1. The number of anilines is 1. The van der Waals surface area contributed by atoms with Gasteiger partial charge in [0, 0.05) is 16.9 Å². The minimum atomic E-state index is 0.161. The maximum Gasteiger partial charge on any atom is 0.0657 e. The van der Waals surface area contributed by atoms with E-state index in [9.17, 15) is 0 Å². The Hall–Kier alpha value is -1.54. The molecule has 0 aliphatic heterocycles. The van der Waals surface area contributed by atoms with Crippen molar-refractivity contribution < 1.29 is 0 Å². The standard InChI is InChI=1S/C14H15ClN2/c1-10-12(15)6-5-8-13(10)17-11(2)14-7-3-4-9-16-14/h3-9,11,17H,1-2H3. The Bertz CT molecular complexity index is 497. The molecule has 1 unspecified atom stereocenters. The lowest BCUT2D eigenvalue weighted by Gasteiger charge is -2.17. The van der Waals surface area contributed by atoms with Gasteiger partial charge in [-0.2, -0.15) is 0 Å². The van der Waals surface area contributed by atoms with E-state index in [4.69, 9.17) is 11.6 Å². The predicted molar refractivity (Wildman–Crippen MR) is 72.5 cm³/mol. The van der Waals surface area contributed by atoms with Crippen molar-refractivity contribution in [2.24, 2.45) is 0 Å². The lowest BCUT2D eigenvalue weighted by atomic mass is 10.1. The van der Waals surface area contributed by atoms with E-state index in [1.807, 2.05) is 43.3 Å². The highest BCUT2D eigenvalue weighted by Gasteiger charge is 2.08. The second-order valence-corrected chi connectivity index (χ2v) is 4.44. The first-order valence-corrected chi connectivity index (χ1v) is 5.99. The van der Waals surface area contributed by atoms with E-state index in [1.54, 1.807) is 6.20 Å². The number of hydrogen-bond acceptors (Lipinski definition) is 2. The highest BCUT2D eigenvalue weighted by molar-refractivity contribution is 6.31. The monoisotopic (exact) mass is 246 g/mol. The number of hydrogen-bond donors (Lipinski definition) is 1. The third-order valence-electron chi connectivity index (χ3n) is 2.77. The number of nitrogens with one attached hydrogen (secondary N) is 1. The third-order valence-corrected chi connectivity index (χ3v) is 3.18. The molecule has 0 fully saturated rings. The number of nitrogens with zero attached hydrogens (tertiary/aromatic N) is 1. The van der Waals surface area contributed by atoms with E-state index in [0.717, 1.165) is 22.0 Å². The van der Waals surface area contributed by atoms with Crippen LogP contribution >= 0.6 is 11.6 Å². The van der Waals surface area contributed by atoms with E-state index in [0.29, 0.717) is 0 Å². The summed E-state index contributed by atoms with van der Waals surface area (Å²) in [7, 11) is 0. The Morgan fingerprint density at radius 1 is 1.18 bits per heavy atom. The topological polar surface area (TPSA) is 24.9 Å². The minimum Gasteiger partial charge on any atom is -0.377 e. The third kappa shape index (κ3) is 2.77. The van der Waals surface area contributed by atoms with Crippen LogP contribution in [0.4, 0.5) is 5.69 Å². The number of pyridine rings is 1. The van der Waals surface area contributed by atoms with Gasteiger partial charge in [-0.05, 0) is 43.7 Å². The fourth-order valence-electron chi connectivity index (χ4n) is 1.70. The summed E-state index contributed by atoms with van der Waals surface area (Å²) < 4.78 is 0. The molecule has 0 aliphatic carbocycles. The molecule has 1 aromatic heterocycles. The van der Waals surface area contributed by atoms with E-state index < -0.39 is 0 Å². The molecule has 0 amide bonds. The van der Waals surface area contributed by atoms with Gasteiger partial charge in [0.05, 0.1) is 11.7 Å². The molecule has 17 heavy (non-hydrogen) atoms. The van der Waals surface area contributed by atoms with Crippen molar-refractivity contribution in [3.05, 3.63) is 58.9 Å². The van der Waals surface area contributed by atoms with E-state index in [2.05, 4.69) is 17.2 Å². The molecule has 1 atom stereocenters. The van der Waals surface area contributed by atoms with Gasteiger partial charge in [-0.3, -0.25) is 4.98 Å². The van der Waals surface area contributed by atoms with Crippen molar-refractivity contribution in [1.82, 2.24) is 4.98 Å². The second kappa shape index (κ2) is 5.19. The first-order chi connectivity index (χ1) is 8.18. The van der Waals surface area contributed by atoms with Crippen molar-refractivity contribution in [3.63, 3.8) is 0 Å². The van der Waals surface area contributed by atoms with Crippen LogP contribution in [-0.2, 0) is 0 Å². The molecular formula is C14H15ClN2. The van der Waals surface area contributed by atoms with Gasteiger partial charge >= 0.3 is 0 Å². The maximum absolute atomic E-state index is 6.09. The van der Waals surface area contributed by atoms with Crippen molar-refractivity contribution in [1.29, 1.82) is 0 Å². The quantitative estimate of drug-likeness (QED) is 0.877. The lowest BCUT2D eigenvalue weighted by Crippen LogP contribution is -2.09. The van der Waals surface area contributed by atoms with Gasteiger partial charge in [0.2, 0.25) is 0 Å². The average molecular weight is 247 g/mol. The van der Waals surface area contributed by atoms with Gasteiger partial charge < -0.3 is 5.32 Å². The first-order valence-electron chi connectivity index (χ1n) is 5.61. The smallest absolute Gasteiger partial charge is 0.0657 e. The minimum absolute atomic E-state index is 0.161. The van der Waals surface area contributed by atoms with Crippen molar-refractivity contribution in [2.75, 3.05) is 5.32 Å². The van der Waals surface area contributed by atoms with Gasteiger partial charge in [-0.25, -0.2) is 0 Å². The molecule has 0 aliphatic rings. The summed E-state index contributed by atoms with van der Waals surface area (Å²) in [5, 5.41) is 4.20. The zero-order valence-corrected chi connectivity index (χ0v) is 10.7. The number of rotatable bonds is 3. The van der Waals surface area contributed by atoms with Crippen LogP contribution in [0, 0.1) is 6.92 Å². The Morgan fingerprint density at radius 2 is 2.00 bits per heavy atom. The van der Waals surface area contributed by atoms with Gasteiger partial charge in [0.25, 0.3) is 0 Å². The van der Waals surface area contributed by atoms with E-state index in [-0.39, 0.29) is 6.04 Å². The molecule has 0 radical (unpaired) electrons. The highest BCUT2D eigenvalue weighted by Crippen LogP contribution is 2.26. The Kier molecular flexibility index (Phi) is 3.64. The molecule has 2 aromatic rings. The normalized spacial score (nSPS) is 12.2. The summed E-state index contributed by atoms with van der Waals surface area (Å²) in [4.78, 5) is 4.33. The van der Waals surface area contributed by atoms with Crippen LogP contribution in [0.2, 0.25) is 5.02 Å². The molecule has 0 spiro atoms. The molecule has 88 valence electrons. The first kappa shape index (κ1) is 11.9. The zero-order valence-electron chi connectivity index (χ0n) is 9.94. The number of benzene rings is 1. The van der Waals surface area contributed by atoms with E-state index >= 15 is 0 Å². The summed E-state index contributed by atoms with van der Waals surface area (Å²) >= 11 is 6.09. The summed E-state index contributed by atoms with van der Waals surface area (Å²) in [5.41, 5.74) is 3.14. The average Bonchev–Trinajstić information content (AvgIpc) is 2.36. The van der Waals surface area contributed by atoms with Gasteiger partial charge in [0.15, 0.2) is 0 Å². The molecule has 0 saturated carbocycles. The van der Waals surface area contributed by atoms with Crippen molar-refractivity contribution >= 4 is 17.3 Å². The van der Waals surface area contributed by atoms with Gasteiger partial charge in [0.1, 0.15) is 0 Å². The molecule has 1 heterocycles. The maximum atomic E-state index is 6.09. The van der Waals surface area contributed by atoms with Crippen molar-refractivity contribution in [3.8, 4) is 0 Å². The zero-order chi connectivity index (χ0) is 12.3. The van der Waals surface area contributed by atoms with Gasteiger partial charge in [-0.15, -0.1) is 0 Å². The van der Waals surface area contributed by atoms with Crippen LogP contribution in [-0.4, -0.2) is 4.98 Å². The van der Waals surface area contributed by atoms with Crippen LogP contribution < -0.4 is 5.32 Å². The fourth-order valence-corrected chi connectivity index (χ4v) is 1.88. The molecule has 0 saturated heterocycles. The second-order valence-electron chi connectivity index (χ2n) is 4.03. The Balaban J connectivity index is 2.19. The molecule has 3 heteroatoms. The molecule has 2 nitrogen and oxygen atoms in total. The van der Waals surface area contributed by atoms with E-state index in [1.165, 1.54) is 0 Å². The molecule has 2 rings (SSSR count). The van der Waals surface area contributed by atoms with Crippen LogP contribution in [0.25, 0.3) is 0 Å². The summed E-state index contributed by atoms with van der Waals surface area (Å²) in [6.07, 6.45) is 1.80. The SMILES string of the molecule is Cc1c(Cl)cccc1NC(C)c1ccccn1. The molecule has 1 N–H and O–H groups in total. The summed E-state index contributed by atoms with van der Waals surface area (Å²) in [6.45, 7) is 4.10. The summed E-state index contributed by atoms with van der Waals surface area (Å²) in [5.74, 6) is 0. The Morgan fingerprint density at radius 3 is 2.71 bits per heavy atom. The van der Waals surface area contributed by atoms with Crippen LogP contribution in [0.3, 0.4) is 0 Å². The van der Waals surface area contributed by atoms with Crippen LogP contribution in [0.1, 0.15) is 24.2 Å². The van der Waals surface area contributed by atoms with Crippen LogP contribution in [0.5, 0.6) is 0 Å². The Labute approximate surface area is 107 Å². The highest BCUT2D eigenvalue weighted by atomic mass is 35.5. The summed E-state index contributed by atoms with van der Waals surface area (Å²) in [6, 6.07) is 12.0. The fraction of sp³-hybridized carbons (Fsp3) is 0.214. The van der Waals surface area contributed by atoms with Crippen molar-refractivity contribution in [2.45, 2.75) is 19.9 Å². The molecule has 1 aromatic carbocycles. The molecular weight excluding hydrogens is 232 g/mol.